The molecule has 0 aliphatic rings. The molecular weight excluding hydrogens is 214 g/mol. The van der Waals surface area contributed by atoms with Crippen LogP contribution >= 0.6 is 0 Å². The van der Waals surface area contributed by atoms with Crippen molar-refractivity contribution >= 4 is 11.6 Å². The summed E-state index contributed by atoms with van der Waals surface area (Å²) in [4.78, 5) is 3.70. The predicted octanol–water partition coefficient (Wildman–Crippen LogP) is 2.10. The van der Waals surface area contributed by atoms with E-state index in [4.69, 9.17) is 5.84 Å². The van der Waals surface area contributed by atoms with E-state index in [2.05, 4.69) is 15.7 Å². The number of halogens is 2. The lowest BCUT2D eigenvalue weighted by molar-refractivity contribution is 0.441. The third-order valence-corrected chi connectivity index (χ3v) is 1.85. The summed E-state index contributed by atoms with van der Waals surface area (Å²) in [5.74, 6) is 3.30. The molecule has 0 fully saturated rings. The van der Waals surface area contributed by atoms with Gasteiger partial charge in [-0.2, -0.15) is 0 Å². The normalized spacial score (nSPS) is 11.4. The summed E-state index contributed by atoms with van der Waals surface area (Å²) < 4.78 is 26.3. The number of hydrazine groups is 1. The number of nitrogens with one attached hydrogen (secondary N) is 2. The van der Waals surface area contributed by atoms with Gasteiger partial charge in [0.15, 0.2) is 23.3 Å². The molecule has 0 radical (unpaired) electrons. The van der Waals surface area contributed by atoms with E-state index in [9.17, 15) is 8.78 Å². The van der Waals surface area contributed by atoms with Gasteiger partial charge < -0.3 is 10.7 Å². The van der Waals surface area contributed by atoms with Crippen molar-refractivity contribution in [2.75, 3.05) is 17.3 Å². The number of pyridine rings is 1. The minimum Gasteiger partial charge on any atom is -0.367 e. The van der Waals surface area contributed by atoms with Gasteiger partial charge in [-0.05, 0) is 5.41 Å². The van der Waals surface area contributed by atoms with E-state index in [1.54, 1.807) is 0 Å². The lowest BCUT2D eigenvalue weighted by atomic mass is 9.97. The molecule has 0 spiro atoms. The standard InChI is InChI=1S/C10H16F2N4/c1-10(2,3)5-14-8-6(11)4-7(12)9(15-8)16-13/h4H,5,13H2,1-3H3,(H2,14,15,16). The van der Waals surface area contributed by atoms with Gasteiger partial charge in [0.05, 0.1) is 0 Å². The Morgan fingerprint density at radius 3 is 2.31 bits per heavy atom. The molecule has 1 rings (SSSR count). The highest BCUT2D eigenvalue weighted by atomic mass is 19.1. The maximum atomic E-state index is 13.3. The first-order chi connectivity index (χ1) is 7.33. The van der Waals surface area contributed by atoms with Crippen LogP contribution in [0.1, 0.15) is 20.8 Å². The van der Waals surface area contributed by atoms with Crippen LogP contribution < -0.4 is 16.6 Å². The molecule has 0 saturated carbocycles. The van der Waals surface area contributed by atoms with Crippen LogP contribution in [0, 0.1) is 17.0 Å². The molecule has 0 aliphatic heterocycles. The van der Waals surface area contributed by atoms with Gasteiger partial charge in [0.2, 0.25) is 0 Å². The second-order valence-corrected chi connectivity index (χ2v) is 4.71. The van der Waals surface area contributed by atoms with Crippen LogP contribution in [0.15, 0.2) is 6.07 Å². The summed E-state index contributed by atoms with van der Waals surface area (Å²) >= 11 is 0. The van der Waals surface area contributed by atoms with Crippen molar-refractivity contribution in [2.45, 2.75) is 20.8 Å². The quantitative estimate of drug-likeness (QED) is 0.549. The van der Waals surface area contributed by atoms with Gasteiger partial charge >= 0.3 is 0 Å². The fourth-order valence-corrected chi connectivity index (χ4v) is 1.04. The van der Waals surface area contributed by atoms with E-state index in [-0.39, 0.29) is 17.1 Å². The fourth-order valence-electron chi connectivity index (χ4n) is 1.04. The molecule has 1 aromatic rings. The summed E-state index contributed by atoms with van der Waals surface area (Å²) in [6.45, 7) is 6.49. The third kappa shape index (κ3) is 3.30. The Labute approximate surface area is 93.2 Å². The summed E-state index contributed by atoms with van der Waals surface area (Å²) in [6.07, 6.45) is 0. The van der Waals surface area contributed by atoms with Crippen molar-refractivity contribution in [3.8, 4) is 0 Å². The summed E-state index contributed by atoms with van der Waals surface area (Å²) in [6, 6.07) is 0.743. The average Bonchev–Trinajstić information content (AvgIpc) is 2.15. The first kappa shape index (κ1) is 12.6. The topological polar surface area (TPSA) is 63.0 Å². The number of nitrogens with zero attached hydrogens (tertiary/aromatic N) is 1. The monoisotopic (exact) mass is 230 g/mol. The number of rotatable bonds is 3. The molecule has 4 nitrogen and oxygen atoms in total. The van der Waals surface area contributed by atoms with Crippen LogP contribution in [0.5, 0.6) is 0 Å². The molecule has 1 heterocycles. The SMILES string of the molecule is CC(C)(C)CNc1nc(NN)c(F)cc1F. The first-order valence-electron chi connectivity index (χ1n) is 4.90. The molecule has 1 aromatic heterocycles. The number of nitrogen functional groups attached to an aromatic ring is 1. The predicted molar refractivity (Wildman–Crippen MR) is 59.9 cm³/mol. The molecule has 0 aliphatic carbocycles. The molecule has 90 valence electrons. The van der Waals surface area contributed by atoms with E-state index in [0.717, 1.165) is 6.07 Å². The van der Waals surface area contributed by atoms with Gasteiger partial charge in [-0.3, -0.25) is 0 Å². The highest BCUT2D eigenvalue weighted by Gasteiger charge is 2.14. The molecule has 0 bridgehead atoms. The fraction of sp³-hybridized carbons (Fsp3) is 0.500. The molecule has 16 heavy (non-hydrogen) atoms. The molecule has 0 amide bonds. The average molecular weight is 230 g/mol. The van der Waals surface area contributed by atoms with Crippen LogP contribution in [-0.2, 0) is 0 Å². The van der Waals surface area contributed by atoms with Gasteiger partial charge in [0.25, 0.3) is 0 Å². The second kappa shape index (κ2) is 4.61. The van der Waals surface area contributed by atoms with Crippen molar-refractivity contribution in [3.63, 3.8) is 0 Å². The van der Waals surface area contributed by atoms with Crippen LogP contribution in [0.25, 0.3) is 0 Å². The van der Waals surface area contributed by atoms with Crippen molar-refractivity contribution in [2.24, 2.45) is 11.3 Å². The smallest absolute Gasteiger partial charge is 0.178 e. The zero-order valence-electron chi connectivity index (χ0n) is 9.56. The van der Waals surface area contributed by atoms with E-state index < -0.39 is 11.6 Å². The number of nitrogens with two attached hydrogens (primary N) is 1. The van der Waals surface area contributed by atoms with Crippen molar-refractivity contribution < 1.29 is 8.78 Å². The Morgan fingerprint density at radius 2 is 1.81 bits per heavy atom. The van der Waals surface area contributed by atoms with Gasteiger partial charge in [0.1, 0.15) is 0 Å². The van der Waals surface area contributed by atoms with Crippen molar-refractivity contribution in [3.05, 3.63) is 17.7 Å². The van der Waals surface area contributed by atoms with Gasteiger partial charge in [0, 0.05) is 12.6 Å². The molecule has 4 N–H and O–H groups in total. The zero-order chi connectivity index (χ0) is 12.3. The van der Waals surface area contributed by atoms with E-state index >= 15 is 0 Å². The van der Waals surface area contributed by atoms with Gasteiger partial charge in [-0.1, -0.05) is 20.8 Å². The molecule has 0 saturated heterocycles. The van der Waals surface area contributed by atoms with Crippen LogP contribution in [0.4, 0.5) is 20.4 Å². The summed E-state index contributed by atoms with van der Waals surface area (Å²) in [5, 5.41) is 2.81. The largest absolute Gasteiger partial charge is 0.367 e. The van der Waals surface area contributed by atoms with Crippen LogP contribution in [0.2, 0.25) is 0 Å². The van der Waals surface area contributed by atoms with Crippen LogP contribution in [-0.4, -0.2) is 11.5 Å². The Kier molecular flexibility index (Phi) is 3.64. The molecule has 0 unspecified atom stereocenters. The Morgan fingerprint density at radius 1 is 1.25 bits per heavy atom. The van der Waals surface area contributed by atoms with Crippen molar-refractivity contribution in [1.29, 1.82) is 0 Å². The van der Waals surface area contributed by atoms with Crippen LogP contribution in [0.3, 0.4) is 0 Å². The molecule has 0 atom stereocenters. The van der Waals surface area contributed by atoms with E-state index in [0.29, 0.717) is 6.54 Å². The van der Waals surface area contributed by atoms with E-state index in [1.165, 1.54) is 0 Å². The number of aromatic nitrogens is 1. The molecular formula is C10H16F2N4. The first-order valence-corrected chi connectivity index (χ1v) is 4.90. The Bertz CT molecular complexity index is 374. The lowest BCUT2D eigenvalue weighted by Crippen LogP contribution is -2.21. The van der Waals surface area contributed by atoms with Gasteiger partial charge in [-0.25, -0.2) is 19.6 Å². The zero-order valence-corrected chi connectivity index (χ0v) is 9.56. The minimum atomic E-state index is -0.818. The van der Waals surface area contributed by atoms with Crippen molar-refractivity contribution in [1.82, 2.24) is 4.98 Å². The van der Waals surface area contributed by atoms with E-state index in [1.807, 2.05) is 20.8 Å². The Hall–Kier alpha value is -1.43. The number of hydrogen-bond acceptors (Lipinski definition) is 4. The minimum absolute atomic E-state index is 0.00993. The van der Waals surface area contributed by atoms with Gasteiger partial charge in [-0.15, -0.1) is 0 Å². The maximum absolute atomic E-state index is 13.3. The summed E-state index contributed by atoms with van der Waals surface area (Å²) in [7, 11) is 0. The maximum Gasteiger partial charge on any atom is 0.178 e. The molecule has 6 heteroatoms. The highest BCUT2D eigenvalue weighted by Crippen LogP contribution is 2.20. The highest BCUT2D eigenvalue weighted by molar-refractivity contribution is 5.46. The number of anilines is 2. The molecule has 0 aromatic carbocycles. The second-order valence-electron chi connectivity index (χ2n) is 4.71. The lowest BCUT2D eigenvalue weighted by Gasteiger charge is -2.19. The number of hydrogen-bond donors (Lipinski definition) is 3. The third-order valence-electron chi connectivity index (χ3n) is 1.85. The Balaban J connectivity index is 2.88. The summed E-state index contributed by atoms with van der Waals surface area (Å²) in [5.41, 5.74) is 2.04.